The van der Waals surface area contributed by atoms with Crippen molar-refractivity contribution in [2.45, 2.75) is 38.3 Å². The van der Waals surface area contributed by atoms with Gasteiger partial charge in [-0.3, -0.25) is 9.79 Å². The van der Waals surface area contributed by atoms with Crippen molar-refractivity contribution in [2.24, 2.45) is 4.99 Å². The maximum atomic E-state index is 12.4. The number of hydrogen-bond donors (Lipinski definition) is 0. The van der Waals surface area contributed by atoms with Crippen LogP contribution in [-0.2, 0) is 11.3 Å². The Morgan fingerprint density at radius 1 is 1.14 bits per heavy atom. The van der Waals surface area contributed by atoms with Gasteiger partial charge in [0.25, 0.3) is 0 Å². The maximum Gasteiger partial charge on any atom is 0.162 e. The molecule has 0 spiro atoms. The Hall–Kier alpha value is -3.12. The summed E-state index contributed by atoms with van der Waals surface area (Å²) in [4.78, 5) is 17.1. The molecule has 0 aliphatic carbocycles. The van der Waals surface area contributed by atoms with Crippen molar-refractivity contribution in [2.75, 3.05) is 6.61 Å². The zero-order valence-corrected chi connectivity index (χ0v) is 16.1. The molecule has 6 nitrogen and oxygen atoms in total. The van der Waals surface area contributed by atoms with Gasteiger partial charge in [-0.2, -0.15) is 0 Å². The monoisotopic (exact) mass is 386 g/mol. The van der Waals surface area contributed by atoms with Gasteiger partial charge in [0.15, 0.2) is 5.78 Å². The molecule has 3 aromatic rings. The zero-order valence-electron chi connectivity index (χ0n) is 16.1. The fraction of sp³-hybridized carbons (Fsp3) is 0.304. The van der Waals surface area contributed by atoms with Crippen LogP contribution in [-0.4, -0.2) is 39.2 Å². The van der Waals surface area contributed by atoms with Crippen LogP contribution in [0.15, 0.2) is 59.7 Å². The standard InChI is InChI=1S/C23H22N4O2/c28-22(12-11-19-5-3-13-29-19)16-7-9-18(10-8-16)27-15-21(25-26-27)23-20-6-2-1-4-17(20)14-24-23/h1-2,4,6-10,15,19H,3,5,11-14H2. The number of hydrogen-bond acceptors (Lipinski definition) is 5. The van der Waals surface area contributed by atoms with Crippen LogP contribution < -0.4 is 0 Å². The quantitative estimate of drug-likeness (QED) is 0.605. The summed E-state index contributed by atoms with van der Waals surface area (Å²) in [5.41, 5.74) is 5.56. The number of Topliss-reactive ketones (excluding diaryl/α,β-unsaturated/α-hetero) is 1. The predicted octanol–water partition coefficient (Wildman–Crippen LogP) is 3.76. The minimum absolute atomic E-state index is 0.156. The molecular weight excluding hydrogens is 364 g/mol. The topological polar surface area (TPSA) is 69.4 Å². The Kier molecular flexibility index (Phi) is 4.77. The molecule has 5 rings (SSSR count). The number of carbonyl (C=O) groups is 1. The highest BCUT2D eigenvalue weighted by molar-refractivity contribution is 6.13. The highest BCUT2D eigenvalue weighted by Crippen LogP contribution is 2.22. The summed E-state index contributed by atoms with van der Waals surface area (Å²) in [6, 6.07) is 15.7. The number of ether oxygens (including phenoxy) is 1. The Morgan fingerprint density at radius 3 is 2.83 bits per heavy atom. The predicted molar refractivity (Wildman–Crippen MR) is 110 cm³/mol. The van der Waals surface area contributed by atoms with Gasteiger partial charge in [0.1, 0.15) is 5.69 Å². The smallest absolute Gasteiger partial charge is 0.162 e. The number of carbonyl (C=O) groups excluding carboxylic acids is 1. The van der Waals surface area contributed by atoms with Crippen LogP contribution in [0.2, 0.25) is 0 Å². The molecule has 1 atom stereocenters. The van der Waals surface area contributed by atoms with E-state index in [0.717, 1.165) is 54.1 Å². The normalized spacial score (nSPS) is 17.9. The van der Waals surface area contributed by atoms with E-state index in [9.17, 15) is 4.79 Å². The molecule has 0 amide bonds. The molecule has 6 heteroatoms. The van der Waals surface area contributed by atoms with E-state index in [1.54, 1.807) is 4.68 Å². The van der Waals surface area contributed by atoms with E-state index in [4.69, 9.17) is 4.74 Å². The van der Waals surface area contributed by atoms with E-state index < -0.39 is 0 Å². The van der Waals surface area contributed by atoms with Crippen molar-refractivity contribution in [3.63, 3.8) is 0 Å². The third kappa shape index (κ3) is 3.63. The summed E-state index contributed by atoms with van der Waals surface area (Å²) in [7, 11) is 0. The molecule has 3 heterocycles. The van der Waals surface area contributed by atoms with Crippen molar-refractivity contribution >= 4 is 11.5 Å². The van der Waals surface area contributed by atoms with Gasteiger partial charge in [0.2, 0.25) is 0 Å². The van der Waals surface area contributed by atoms with Crippen LogP contribution >= 0.6 is 0 Å². The second-order valence-electron chi connectivity index (χ2n) is 7.51. The fourth-order valence-electron chi connectivity index (χ4n) is 3.96. The molecule has 0 saturated carbocycles. The first-order valence-corrected chi connectivity index (χ1v) is 10.1. The molecule has 1 unspecified atom stereocenters. The van der Waals surface area contributed by atoms with E-state index in [1.807, 2.05) is 42.6 Å². The first-order valence-electron chi connectivity index (χ1n) is 10.1. The van der Waals surface area contributed by atoms with Gasteiger partial charge < -0.3 is 4.74 Å². The second kappa shape index (κ2) is 7.72. The van der Waals surface area contributed by atoms with E-state index >= 15 is 0 Å². The molecule has 0 N–H and O–H groups in total. The Bertz CT molecular complexity index is 1060. The molecule has 2 aromatic carbocycles. The van der Waals surface area contributed by atoms with Gasteiger partial charge in [0, 0.05) is 24.2 Å². The van der Waals surface area contributed by atoms with Gasteiger partial charge in [-0.15, -0.1) is 5.10 Å². The van der Waals surface area contributed by atoms with E-state index in [-0.39, 0.29) is 11.9 Å². The summed E-state index contributed by atoms with van der Waals surface area (Å²) >= 11 is 0. The van der Waals surface area contributed by atoms with Crippen molar-refractivity contribution in [3.05, 3.63) is 77.1 Å². The molecule has 2 aliphatic heterocycles. The second-order valence-corrected chi connectivity index (χ2v) is 7.51. The molecule has 146 valence electrons. The average molecular weight is 386 g/mol. The molecule has 2 aliphatic rings. The van der Waals surface area contributed by atoms with E-state index in [0.29, 0.717) is 13.0 Å². The number of benzene rings is 2. The Balaban J connectivity index is 1.28. The van der Waals surface area contributed by atoms with Gasteiger partial charge in [0.05, 0.1) is 30.2 Å². The fourth-order valence-corrected chi connectivity index (χ4v) is 3.96. The SMILES string of the molecule is O=C(CCC1CCCO1)c1ccc(-n2cc(C3=NCc4ccccc43)nn2)cc1. The van der Waals surface area contributed by atoms with Gasteiger partial charge in [-0.25, -0.2) is 4.68 Å². The lowest BCUT2D eigenvalue weighted by atomic mass is 10.0. The van der Waals surface area contributed by atoms with Crippen LogP contribution in [0.1, 0.15) is 52.9 Å². The molecule has 1 saturated heterocycles. The van der Waals surface area contributed by atoms with Crippen molar-refractivity contribution in [1.29, 1.82) is 0 Å². The third-order valence-electron chi connectivity index (χ3n) is 5.59. The summed E-state index contributed by atoms with van der Waals surface area (Å²) in [5.74, 6) is 0.156. The Labute approximate surface area is 169 Å². The van der Waals surface area contributed by atoms with Crippen LogP contribution in [0.4, 0.5) is 0 Å². The first-order chi connectivity index (χ1) is 14.3. The average Bonchev–Trinajstić information content (AvgIpc) is 3.52. The van der Waals surface area contributed by atoms with Crippen LogP contribution in [0.25, 0.3) is 5.69 Å². The first kappa shape index (κ1) is 17.9. The summed E-state index contributed by atoms with van der Waals surface area (Å²) in [6.07, 6.45) is 5.63. The number of fused-ring (bicyclic) bond motifs is 1. The van der Waals surface area contributed by atoms with Gasteiger partial charge in [-0.05, 0) is 49.1 Å². The maximum absolute atomic E-state index is 12.4. The molecule has 29 heavy (non-hydrogen) atoms. The molecular formula is C23H22N4O2. The number of nitrogens with zero attached hydrogens (tertiary/aromatic N) is 4. The van der Waals surface area contributed by atoms with Crippen LogP contribution in [0.3, 0.4) is 0 Å². The van der Waals surface area contributed by atoms with Crippen molar-refractivity contribution < 1.29 is 9.53 Å². The molecule has 1 fully saturated rings. The lowest BCUT2D eigenvalue weighted by molar-refractivity contribution is 0.0859. The summed E-state index contributed by atoms with van der Waals surface area (Å²) < 4.78 is 7.32. The molecule has 0 radical (unpaired) electrons. The van der Waals surface area contributed by atoms with Crippen LogP contribution in [0, 0.1) is 0 Å². The van der Waals surface area contributed by atoms with Gasteiger partial charge >= 0.3 is 0 Å². The lowest BCUT2D eigenvalue weighted by Gasteiger charge is -2.08. The third-order valence-corrected chi connectivity index (χ3v) is 5.59. The van der Waals surface area contributed by atoms with E-state index in [1.165, 1.54) is 5.56 Å². The highest BCUT2D eigenvalue weighted by Gasteiger charge is 2.20. The molecule has 1 aromatic heterocycles. The van der Waals surface area contributed by atoms with E-state index in [2.05, 4.69) is 27.4 Å². The summed E-state index contributed by atoms with van der Waals surface area (Å²) in [6.45, 7) is 1.51. The lowest BCUT2D eigenvalue weighted by Crippen LogP contribution is -2.09. The van der Waals surface area contributed by atoms with Gasteiger partial charge in [-0.1, -0.05) is 29.5 Å². The number of rotatable bonds is 6. The number of aromatic nitrogens is 3. The van der Waals surface area contributed by atoms with Crippen molar-refractivity contribution in [3.8, 4) is 5.69 Å². The van der Waals surface area contributed by atoms with Crippen LogP contribution in [0.5, 0.6) is 0 Å². The minimum atomic E-state index is 0.156. The minimum Gasteiger partial charge on any atom is -0.378 e. The Morgan fingerprint density at radius 2 is 2.00 bits per heavy atom. The number of ketones is 1. The zero-order chi connectivity index (χ0) is 19.6. The number of aliphatic imine (C=N–C) groups is 1. The largest absolute Gasteiger partial charge is 0.378 e. The molecule has 0 bridgehead atoms. The summed E-state index contributed by atoms with van der Waals surface area (Å²) in [5, 5.41) is 8.56. The highest BCUT2D eigenvalue weighted by atomic mass is 16.5. The van der Waals surface area contributed by atoms with Crippen molar-refractivity contribution in [1.82, 2.24) is 15.0 Å².